The van der Waals surface area contributed by atoms with Gasteiger partial charge in [0.05, 0.1) is 5.75 Å². The molecule has 1 aromatic rings. The molecule has 8 heteroatoms. The van der Waals surface area contributed by atoms with Gasteiger partial charge in [0.1, 0.15) is 4.75 Å². The first-order chi connectivity index (χ1) is 12.0. The van der Waals surface area contributed by atoms with E-state index in [1.807, 2.05) is 0 Å². The van der Waals surface area contributed by atoms with Gasteiger partial charge >= 0.3 is 0 Å². The Morgan fingerprint density at radius 2 is 1.84 bits per heavy atom. The Morgan fingerprint density at radius 1 is 1.16 bits per heavy atom. The Labute approximate surface area is 148 Å². The molecule has 0 N–H and O–H groups in total. The molecule has 0 aliphatic carbocycles. The lowest BCUT2D eigenvalue weighted by Crippen LogP contribution is -2.69. The molecular weight excluding hydrogens is 340 g/mol. The zero-order chi connectivity index (χ0) is 17.5. The fourth-order valence-corrected chi connectivity index (χ4v) is 6.88. The van der Waals surface area contributed by atoms with Gasteiger partial charge in [-0.15, -0.1) is 0 Å². The summed E-state index contributed by atoms with van der Waals surface area (Å²) in [5, 5.41) is 0. The largest absolute Gasteiger partial charge is 0.333 e. The number of hydrogen-bond donors (Lipinski definition) is 0. The number of likely N-dealkylation sites (tertiary alicyclic amines) is 2. The highest BCUT2D eigenvalue weighted by Gasteiger charge is 2.62. The predicted octanol–water partition coefficient (Wildman–Crippen LogP) is 0.592. The lowest BCUT2D eigenvalue weighted by atomic mass is 9.82. The molecule has 1 unspecified atom stereocenters. The Hall–Kier alpha value is -1.54. The van der Waals surface area contributed by atoms with Gasteiger partial charge in [-0.05, 0) is 44.3 Å². The van der Waals surface area contributed by atoms with E-state index >= 15 is 0 Å². The van der Waals surface area contributed by atoms with E-state index in [1.54, 1.807) is 11.0 Å². The average molecular weight is 364 g/mol. The van der Waals surface area contributed by atoms with Crippen molar-refractivity contribution in [3.05, 3.63) is 24.3 Å². The molecule has 0 bridgehead atoms. The van der Waals surface area contributed by atoms with Crippen LogP contribution in [0, 0.1) is 5.92 Å². The first-order valence-corrected chi connectivity index (χ1v) is 10.7. The number of hydrogen-bond acceptors (Lipinski definition) is 6. The fraction of sp³-hybridized carbons (Fsp3) is 0.706. The van der Waals surface area contributed by atoms with Gasteiger partial charge in [-0.3, -0.25) is 4.79 Å². The number of nitrogens with zero attached hydrogens (tertiary/aromatic N) is 4. The highest BCUT2D eigenvalue weighted by molar-refractivity contribution is 7.93. The molecule has 4 rings (SSSR count). The van der Waals surface area contributed by atoms with Crippen LogP contribution < -0.4 is 0 Å². The Bertz CT molecular complexity index is 740. The number of rotatable bonds is 3. The SMILES string of the molecule is O=C(c1ncccn1)N1CC2(C1)C(CN1CCCCC1)CCS2(=O)=O. The van der Waals surface area contributed by atoms with Crippen LogP contribution in [0.2, 0.25) is 0 Å². The molecule has 0 radical (unpaired) electrons. The number of piperidine rings is 1. The molecule has 1 atom stereocenters. The van der Waals surface area contributed by atoms with Crippen LogP contribution in [0.15, 0.2) is 18.5 Å². The third kappa shape index (κ3) is 2.85. The predicted molar refractivity (Wildman–Crippen MR) is 92.9 cm³/mol. The lowest BCUT2D eigenvalue weighted by molar-refractivity contribution is 0.0400. The number of aromatic nitrogens is 2. The van der Waals surface area contributed by atoms with E-state index in [2.05, 4.69) is 14.9 Å². The molecule has 136 valence electrons. The maximum atomic E-state index is 12.7. The first kappa shape index (κ1) is 16.9. The summed E-state index contributed by atoms with van der Waals surface area (Å²) in [6, 6.07) is 1.66. The van der Waals surface area contributed by atoms with E-state index in [9.17, 15) is 13.2 Å². The lowest BCUT2D eigenvalue weighted by Gasteiger charge is -2.50. The van der Waals surface area contributed by atoms with Crippen LogP contribution in [0.25, 0.3) is 0 Å². The van der Waals surface area contributed by atoms with E-state index in [0.29, 0.717) is 6.42 Å². The summed E-state index contributed by atoms with van der Waals surface area (Å²) in [7, 11) is -3.16. The van der Waals surface area contributed by atoms with Crippen LogP contribution in [0.5, 0.6) is 0 Å². The molecule has 1 spiro atoms. The van der Waals surface area contributed by atoms with Crippen molar-refractivity contribution in [1.82, 2.24) is 19.8 Å². The summed E-state index contributed by atoms with van der Waals surface area (Å²) in [6.07, 6.45) is 7.43. The number of carbonyl (C=O) groups excluding carboxylic acids is 1. The molecular formula is C17H24N4O3S. The van der Waals surface area contributed by atoms with Crippen LogP contribution >= 0.6 is 0 Å². The maximum absolute atomic E-state index is 12.7. The minimum Gasteiger partial charge on any atom is -0.333 e. The standard InChI is InChI=1S/C17H24N4O3S/c22-16(15-18-6-4-7-19-15)21-12-17(13-21)14(5-10-25(17,23)24)11-20-8-2-1-3-9-20/h4,6-7,14H,1-3,5,8-13H2. The monoisotopic (exact) mass is 364 g/mol. The summed E-state index contributed by atoms with van der Waals surface area (Å²) >= 11 is 0. The van der Waals surface area contributed by atoms with E-state index in [4.69, 9.17) is 0 Å². The van der Waals surface area contributed by atoms with Crippen LogP contribution in [0.3, 0.4) is 0 Å². The Morgan fingerprint density at radius 3 is 2.52 bits per heavy atom. The van der Waals surface area contributed by atoms with Crippen LogP contribution in [-0.4, -0.2) is 77.3 Å². The van der Waals surface area contributed by atoms with Crippen LogP contribution in [-0.2, 0) is 9.84 Å². The van der Waals surface area contributed by atoms with E-state index < -0.39 is 14.6 Å². The van der Waals surface area contributed by atoms with Crippen molar-refractivity contribution < 1.29 is 13.2 Å². The van der Waals surface area contributed by atoms with Crippen molar-refractivity contribution in [3.8, 4) is 0 Å². The molecule has 25 heavy (non-hydrogen) atoms. The minimum absolute atomic E-state index is 0.122. The van der Waals surface area contributed by atoms with Crippen molar-refractivity contribution in [2.75, 3.05) is 38.5 Å². The van der Waals surface area contributed by atoms with E-state index in [-0.39, 0.29) is 36.5 Å². The number of amides is 1. The fourth-order valence-electron chi connectivity index (χ4n) is 4.48. The summed E-state index contributed by atoms with van der Waals surface area (Å²) in [6.45, 7) is 3.53. The van der Waals surface area contributed by atoms with Gasteiger partial charge in [-0.25, -0.2) is 18.4 Å². The number of sulfone groups is 1. The average Bonchev–Trinajstić information content (AvgIpc) is 2.85. The van der Waals surface area contributed by atoms with Gasteiger partial charge in [-0.1, -0.05) is 6.42 Å². The molecule has 7 nitrogen and oxygen atoms in total. The van der Waals surface area contributed by atoms with Crippen LogP contribution in [0.4, 0.5) is 0 Å². The van der Waals surface area contributed by atoms with Gasteiger partial charge in [0.15, 0.2) is 9.84 Å². The van der Waals surface area contributed by atoms with Crippen molar-refractivity contribution in [1.29, 1.82) is 0 Å². The molecule has 4 heterocycles. The second kappa shape index (κ2) is 6.32. The summed E-state index contributed by atoms with van der Waals surface area (Å²) in [5.41, 5.74) is 0. The normalized spacial score (nSPS) is 28.0. The highest BCUT2D eigenvalue weighted by Crippen LogP contribution is 2.45. The van der Waals surface area contributed by atoms with Gasteiger partial charge in [-0.2, -0.15) is 0 Å². The third-order valence-corrected chi connectivity index (χ3v) is 8.59. The van der Waals surface area contributed by atoms with Gasteiger partial charge < -0.3 is 9.80 Å². The summed E-state index contributed by atoms with van der Waals surface area (Å²) < 4.78 is 24.7. The first-order valence-electron chi connectivity index (χ1n) is 9.03. The van der Waals surface area contributed by atoms with E-state index in [1.165, 1.54) is 31.7 Å². The Kier molecular flexibility index (Phi) is 4.27. The van der Waals surface area contributed by atoms with E-state index in [0.717, 1.165) is 19.6 Å². The number of carbonyl (C=O) groups is 1. The molecule has 1 aromatic heterocycles. The third-order valence-electron chi connectivity index (χ3n) is 5.99. The second-order valence-corrected chi connectivity index (χ2v) is 9.91. The molecule has 0 aromatic carbocycles. The Balaban J connectivity index is 1.48. The van der Waals surface area contributed by atoms with Crippen LogP contribution in [0.1, 0.15) is 36.3 Å². The summed E-state index contributed by atoms with van der Waals surface area (Å²) in [4.78, 5) is 24.4. The molecule has 0 saturated carbocycles. The van der Waals surface area contributed by atoms with Crippen molar-refractivity contribution in [2.45, 2.75) is 30.4 Å². The van der Waals surface area contributed by atoms with Gasteiger partial charge in [0.2, 0.25) is 5.82 Å². The zero-order valence-corrected chi connectivity index (χ0v) is 15.1. The second-order valence-electron chi connectivity index (χ2n) is 7.46. The van der Waals surface area contributed by atoms with Crippen molar-refractivity contribution >= 4 is 15.7 Å². The molecule has 3 aliphatic heterocycles. The van der Waals surface area contributed by atoms with Crippen molar-refractivity contribution in [3.63, 3.8) is 0 Å². The van der Waals surface area contributed by atoms with Crippen molar-refractivity contribution in [2.24, 2.45) is 5.92 Å². The zero-order valence-electron chi connectivity index (χ0n) is 14.3. The minimum atomic E-state index is -3.16. The highest BCUT2D eigenvalue weighted by atomic mass is 32.2. The van der Waals surface area contributed by atoms with Gasteiger partial charge in [0.25, 0.3) is 5.91 Å². The maximum Gasteiger partial charge on any atom is 0.291 e. The summed E-state index contributed by atoms with van der Waals surface area (Å²) in [5.74, 6) is 0.233. The quantitative estimate of drug-likeness (QED) is 0.781. The smallest absolute Gasteiger partial charge is 0.291 e. The van der Waals surface area contributed by atoms with Gasteiger partial charge in [0, 0.05) is 32.0 Å². The molecule has 3 fully saturated rings. The topological polar surface area (TPSA) is 83.5 Å². The molecule has 3 saturated heterocycles. The molecule has 1 amide bonds. The molecule has 3 aliphatic rings.